The number of rotatable bonds is 2. The minimum Gasteiger partial charge on any atom is -0.480 e. The number of carbonyl (C=O) groups is 2. The third kappa shape index (κ3) is 2.91. The van der Waals surface area contributed by atoms with Gasteiger partial charge in [-0.15, -0.1) is 0 Å². The molecule has 1 aliphatic heterocycles. The van der Waals surface area contributed by atoms with E-state index in [1.54, 1.807) is 12.1 Å². The van der Waals surface area contributed by atoms with Gasteiger partial charge in [0.15, 0.2) is 0 Å². The number of hydrogen-bond donors (Lipinski definition) is 2. The molecule has 2 atom stereocenters. The summed E-state index contributed by atoms with van der Waals surface area (Å²) in [5, 5.41) is 18.8. The summed E-state index contributed by atoms with van der Waals surface area (Å²) < 4.78 is 0.727. The summed E-state index contributed by atoms with van der Waals surface area (Å²) in [6.07, 6.45) is -0.783. The molecule has 1 heterocycles. The highest BCUT2D eigenvalue weighted by atomic mass is 79.9. The molecule has 1 saturated heterocycles. The Balaban J connectivity index is 2.30. The first-order chi connectivity index (χ1) is 8.90. The van der Waals surface area contributed by atoms with Gasteiger partial charge in [0.25, 0.3) is 5.91 Å². The molecule has 1 aliphatic rings. The quantitative estimate of drug-likeness (QED) is 0.854. The summed E-state index contributed by atoms with van der Waals surface area (Å²) in [5.74, 6) is -1.61. The predicted molar refractivity (Wildman–Crippen MR) is 72.2 cm³/mol. The fourth-order valence-electron chi connectivity index (χ4n) is 2.09. The van der Waals surface area contributed by atoms with Gasteiger partial charge < -0.3 is 15.1 Å². The molecule has 0 bridgehead atoms. The van der Waals surface area contributed by atoms with Crippen LogP contribution in [0.25, 0.3) is 0 Å². The number of aliphatic hydroxyl groups excluding tert-OH is 1. The van der Waals surface area contributed by atoms with E-state index in [2.05, 4.69) is 15.9 Å². The lowest BCUT2D eigenvalue weighted by molar-refractivity contribution is -0.141. The highest BCUT2D eigenvalue weighted by molar-refractivity contribution is 9.10. The average molecular weight is 349 g/mol. The Morgan fingerprint density at radius 3 is 2.68 bits per heavy atom. The van der Waals surface area contributed by atoms with Crippen LogP contribution in [-0.4, -0.2) is 45.7 Å². The maximum Gasteiger partial charge on any atom is 0.326 e. The van der Waals surface area contributed by atoms with Crippen LogP contribution in [0.2, 0.25) is 5.02 Å². The number of carboxylic acid groups (broad SMARTS) is 1. The Bertz CT molecular complexity index is 536. The van der Waals surface area contributed by atoms with Crippen molar-refractivity contribution in [2.24, 2.45) is 0 Å². The molecule has 5 nitrogen and oxygen atoms in total. The van der Waals surface area contributed by atoms with Gasteiger partial charge in [-0.1, -0.05) is 27.5 Å². The Morgan fingerprint density at radius 2 is 2.11 bits per heavy atom. The molecule has 1 fully saturated rings. The zero-order valence-electron chi connectivity index (χ0n) is 9.72. The second-order valence-corrected chi connectivity index (χ2v) is 5.65. The molecule has 1 aromatic carbocycles. The van der Waals surface area contributed by atoms with Gasteiger partial charge in [0.05, 0.1) is 16.7 Å². The van der Waals surface area contributed by atoms with Crippen molar-refractivity contribution in [2.75, 3.05) is 6.54 Å². The molecule has 0 spiro atoms. The number of nitrogens with zero attached hydrogens (tertiary/aromatic N) is 1. The van der Waals surface area contributed by atoms with Crippen LogP contribution >= 0.6 is 27.5 Å². The van der Waals surface area contributed by atoms with Crippen LogP contribution in [0.5, 0.6) is 0 Å². The van der Waals surface area contributed by atoms with E-state index in [0.717, 1.165) is 9.37 Å². The van der Waals surface area contributed by atoms with E-state index in [-0.39, 0.29) is 23.6 Å². The van der Waals surface area contributed by atoms with Crippen molar-refractivity contribution in [1.29, 1.82) is 0 Å². The van der Waals surface area contributed by atoms with Crippen molar-refractivity contribution in [3.8, 4) is 0 Å². The Morgan fingerprint density at radius 1 is 1.42 bits per heavy atom. The van der Waals surface area contributed by atoms with Gasteiger partial charge in [-0.3, -0.25) is 4.79 Å². The van der Waals surface area contributed by atoms with Gasteiger partial charge >= 0.3 is 5.97 Å². The summed E-state index contributed by atoms with van der Waals surface area (Å²) in [7, 11) is 0. The molecule has 2 N–H and O–H groups in total. The monoisotopic (exact) mass is 347 g/mol. The number of benzene rings is 1. The maximum absolute atomic E-state index is 12.3. The summed E-state index contributed by atoms with van der Waals surface area (Å²) >= 11 is 9.21. The van der Waals surface area contributed by atoms with E-state index in [1.807, 2.05) is 0 Å². The molecule has 2 rings (SSSR count). The molecule has 7 heteroatoms. The van der Waals surface area contributed by atoms with Gasteiger partial charge in [-0.25, -0.2) is 4.79 Å². The number of carbonyl (C=O) groups excluding carboxylic acids is 1. The number of likely N-dealkylation sites (tertiary alicyclic amines) is 1. The lowest BCUT2D eigenvalue weighted by Gasteiger charge is -2.21. The number of aliphatic hydroxyl groups is 1. The summed E-state index contributed by atoms with van der Waals surface area (Å²) in [6, 6.07) is 3.73. The molecule has 0 aromatic heterocycles. The lowest BCUT2D eigenvalue weighted by atomic mass is 10.1. The van der Waals surface area contributed by atoms with Crippen molar-refractivity contribution in [1.82, 2.24) is 4.90 Å². The smallest absolute Gasteiger partial charge is 0.326 e. The molecule has 0 aliphatic carbocycles. The minimum absolute atomic E-state index is 0.00218. The third-order valence-corrected chi connectivity index (χ3v) is 3.79. The highest BCUT2D eigenvalue weighted by Gasteiger charge is 2.39. The van der Waals surface area contributed by atoms with Crippen LogP contribution in [0.3, 0.4) is 0 Å². The van der Waals surface area contributed by atoms with Gasteiger partial charge in [0, 0.05) is 17.4 Å². The fraction of sp³-hybridized carbons (Fsp3) is 0.333. The van der Waals surface area contributed by atoms with Crippen LogP contribution < -0.4 is 0 Å². The van der Waals surface area contributed by atoms with Crippen LogP contribution in [0, 0.1) is 0 Å². The molecule has 102 valence electrons. The Hall–Kier alpha value is -1.11. The molecule has 1 aromatic rings. The van der Waals surface area contributed by atoms with E-state index in [4.69, 9.17) is 16.7 Å². The zero-order valence-corrected chi connectivity index (χ0v) is 12.1. The van der Waals surface area contributed by atoms with Crippen LogP contribution in [0.15, 0.2) is 22.7 Å². The number of β-amino-alcohol motifs (C(OH)–C–C–N with tert-alkyl or cyclic N) is 1. The first kappa shape index (κ1) is 14.3. The van der Waals surface area contributed by atoms with Crippen LogP contribution in [0.1, 0.15) is 16.8 Å². The molecule has 1 amide bonds. The standard InChI is InChI=1S/C12H11BrClNO4/c13-6-1-2-8(9(14)3-6)11(17)15-5-7(16)4-10(15)12(18)19/h1-3,7,10,16H,4-5H2,(H,18,19)/t7?,10-/m0/s1. The first-order valence-corrected chi connectivity index (χ1v) is 6.74. The third-order valence-electron chi connectivity index (χ3n) is 2.99. The lowest BCUT2D eigenvalue weighted by Crippen LogP contribution is -2.40. The van der Waals surface area contributed by atoms with E-state index < -0.39 is 24.0 Å². The normalized spacial score (nSPS) is 22.6. The van der Waals surface area contributed by atoms with Gasteiger partial charge in [-0.2, -0.15) is 0 Å². The first-order valence-electron chi connectivity index (χ1n) is 5.57. The van der Waals surface area contributed by atoms with Crippen molar-refractivity contribution >= 4 is 39.4 Å². The minimum atomic E-state index is -1.13. The zero-order chi connectivity index (χ0) is 14.2. The summed E-state index contributed by atoms with van der Waals surface area (Å²) in [5.41, 5.74) is 0.227. The van der Waals surface area contributed by atoms with E-state index in [9.17, 15) is 14.7 Å². The molecule has 19 heavy (non-hydrogen) atoms. The van der Waals surface area contributed by atoms with Crippen molar-refractivity contribution in [3.63, 3.8) is 0 Å². The van der Waals surface area contributed by atoms with Crippen molar-refractivity contribution in [3.05, 3.63) is 33.3 Å². The highest BCUT2D eigenvalue weighted by Crippen LogP contribution is 2.26. The van der Waals surface area contributed by atoms with Crippen molar-refractivity contribution < 1.29 is 19.8 Å². The fourth-order valence-corrected chi connectivity index (χ4v) is 2.84. The molecular weight excluding hydrogens is 337 g/mol. The topological polar surface area (TPSA) is 77.8 Å². The van der Waals surface area contributed by atoms with E-state index in [0.29, 0.717) is 0 Å². The van der Waals surface area contributed by atoms with Gasteiger partial charge in [0.2, 0.25) is 0 Å². The van der Waals surface area contributed by atoms with Crippen LogP contribution in [-0.2, 0) is 4.79 Å². The van der Waals surface area contributed by atoms with E-state index in [1.165, 1.54) is 6.07 Å². The van der Waals surface area contributed by atoms with Gasteiger partial charge in [-0.05, 0) is 18.2 Å². The number of aliphatic carboxylic acids is 1. The number of carboxylic acids is 1. The number of halogens is 2. The predicted octanol–water partition coefficient (Wildman–Crippen LogP) is 1.76. The molecule has 1 unspecified atom stereocenters. The van der Waals surface area contributed by atoms with Crippen LogP contribution in [0.4, 0.5) is 0 Å². The summed E-state index contributed by atoms with van der Waals surface area (Å²) in [4.78, 5) is 24.5. The SMILES string of the molecule is O=C(O)[C@@H]1CC(O)CN1C(=O)c1ccc(Br)cc1Cl. The average Bonchev–Trinajstić information content (AvgIpc) is 2.70. The second-order valence-electron chi connectivity index (χ2n) is 4.33. The molecule has 0 saturated carbocycles. The molecule has 0 radical (unpaired) electrons. The second kappa shape index (κ2) is 5.48. The number of hydrogen-bond acceptors (Lipinski definition) is 3. The summed E-state index contributed by atoms with van der Waals surface area (Å²) in [6.45, 7) is 0.00218. The molecular formula is C12H11BrClNO4. The number of amides is 1. The Kier molecular flexibility index (Phi) is 4.13. The maximum atomic E-state index is 12.3. The Labute approximate surface area is 122 Å². The van der Waals surface area contributed by atoms with Gasteiger partial charge in [0.1, 0.15) is 6.04 Å². The van der Waals surface area contributed by atoms with Crippen molar-refractivity contribution in [2.45, 2.75) is 18.6 Å². The largest absolute Gasteiger partial charge is 0.480 e. The van der Waals surface area contributed by atoms with E-state index >= 15 is 0 Å².